The van der Waals surface area contributed by atoms with Gasteiger partial charge in [-0.25, -0.2) is 9.97 Å². The van der Waals surface area contributed by atoms with Crippen molar-refractivity contribution in [2.45, 2.75) is 19.8 Å². The van der Waals surface area contributed by atoms with Gasteiger partial charge in [-0.15, -0.1) is 0 Å². The average molecular weight is 252 g/mol. The lowest BCUT2D eigenvalue weighted by molar-refractivity contribution is 0.867. The molecule has 0 aliphatic carbocycles. The number of H-pyrrole nitrogens is 1. The number of nitrogens with zero attached hydrogens (tertiary/aromatic N) is 2. The molecule has 0 atom stereocenters. The molecule has 0 aliphatic heterocycles. The van der Waals surface area contributed by atoms with Gasteiger partial charge in [0.1, 0.15) is 11.6 Å². The van der Waals surface area contributed by atoms with Crippen LogP contribution in [0.4, 0.5) is 5.82 Å². The maximum atomic E-state index is 5.66. The Morgan fingerprint density at radius 3 is 2.42 bits per heavy atom. The SMILES string of the molecule is CC(C)c1ccc(-c2nc3nc(N)ccc3[nH]2)cc1. The highest BCUT2D eigenvalue weighted by molar-refractivity contribution is 5.77. The molecule has 1 aromatic carbocycles. The molecule has 0 amide bonds. The van der Waals surface area contributed by atoms with Gasteiger partial charge in [-0.05, 0) is 23.6 Å². The number of nitrogen functional groups attached to an aromatic ring is 1. The number of imidazole rings is 1. The molecule has 0 saturated heterocycles. The second-order valence-corrected chi connectivity index (χ2v) is 4.97. The molecule has 0 spiro atoms. The first kappa shape index (κ1) is 11.7. The third kappa shape index (κ3) is 2.17. The van der Waals surface area contributed by atoms with E-state index in [4.69, 9.17) is 5.73 Å². The number of aromatic amines is 1. The molecule has 0 unspecified atom stereocenters. The molecule has 3 rings (SSSR count). The predicted molar refractivity (Wildman–Crippen MR) is 77.8 cm³/mol. The van der Waals surface area contributed by atoms with Gasteiger partial charge in [0.2, 0.25) is 0 Å². The summed E-state index contributed by atoms with van der Waals surface area (Å²) in [4.78, 5) is 11.9. The van der Waals surface area contributed by atoms with Crippen molar-refractivity contribution in [1.29, 1.82) is 0 Å². The fourth-order valence-corrected chi connectivity index (χ4v) is 2.07. The molecule has 3 N–H and O–H groups in total. The van der Waals surface area contributed by atoms with Crippen molar-refractivity contribution in [3.63, 3.8) is 0 Å². The summed E-state index contributed by atoms with van der Waals surface area (Å²) in [6.45, 7) is 4.37. The first-order valence-corrected chi connectivity index (χ1v) is 6.36. The summed E-state index contributed by atoms with van der Waals surface area (Å²) in [7, 11) is 0. The van der Waals surface area contributed by atoms with Gasteiger partial charge in [0.25, 0.3) is 0 Å². The molecule has 0 fully saturated rings. The van der Waals surface area contributed by atoms with E-state index in [1.54, 1.807) is 6.07 Å². The third-order valence-electron chi connectivity index (χ3n) is 3.22. The fourth-order valence-electron chi connectivity index (χ4n) is 2.07. The molecular formula is C15H16N4. The predicted octanol–water partition coefficient (Wildman–Crippen LogP) is 3.33. The van der Waals surface area contributed by atoms with E-state index >= 15 is 0 Å². The fraction of sp³-hybridized carbons (Fsp3) is 0.200. The summed E-state index contributed by atoms with van der Waals surface area (Å²) in [5.41, 5.74) is 9.59. The zero-order chi connectivity index (χ0) is 13.4. The van der Waals surface area contributed by atoms with Crippen LogP contribution in [0.25, 0.3) is 22.6 Å². The van der Waals surface area contributed by atoms with Gasteiger partial charge >= 0.3 is 0 Å². The van der Waals surface area contributed by atoms with Crippen LogP contribution in [0.5, 0.6) is 0 Å². The van der Waals surface area contributed by atoms with Crippen LogP contribution in [0.15, 0.2) is 36.4 Å². The van der Waals surface area contributed by atoms with Crippen LogP contribution in [-0.2, 0) is 0 Å². The Labute approximate surface area is 111 Å². The molecule has 0 radical (unpaired) electrons. The van der Waals surface area contributed by atoms with Crippen LogP contribution in [0.3, 0.4) is 0 Å². The minimum Gasteiger partial charge on any atom is -0.384 e. The highest BCUT2D eigenvalue weighted by Gasteiger charge is 2.07. The number of anilines is 1. The van der Waals surface area contributed by atoms with Gasteiger partial charge in [-0.1, -0.05) is 38.1 Å². The van der Waals surface area contributed by atoms with E-state index in [0.29, 0.717) is 17.4 Å². The molecule has 2 heterocycles. The van der Waals surface area contributed by atoms with Gasteiger partial charge in [0.05, 0.1) is 5.52 Å². The molecule has 96 valence electrons. The van der Waals surface area contributed by atoms with Gasteiger partial charge in [-0.2, -0.15) is 0 Å². The summed E-state index contributed by atoms with van der Waals surface area (Å²) in [5, 5.41) is 0. The second kappa shape index (κ2) is 4.39. The van der Waals surface area contributed by atoms with Crippen molar-refractivity contribution in [2.24, 2.45) is 0 Å². The van der Waals surface area contributed by atoms with Crippen molar-refractivity contribution in [1.82, 2.24) is 15.0 Å². The van der Waals surface area contributed by atoms with Crippen LogP contribution in [0, 0.1) is 0 Å². The highest BCUT2D eigenvalue weighted by Crippen LogP contribution is 2.22. The number of rotatable bonds is 2. The highest BCUT2D eigenvalue weighted by atomic mass is 15.0. The zero-order valence-electron chi connectivity index (χ0n) is 11.0. The monoisotopic (exact) mass is 252 g/mol. The van der Waals surface area contributed by atoms with E-state index in [2.05, 4.69) is 53.1 Å². The van der Waals surface area contributed by atoms with Crippen LogP contribution < -0.4 is 5.73 Å². The summed E-state index contributed by atoms with van der Waals surface area (Å²) in [6, 6.07) is 12.1. The van der Waals surface area contributed by atoms with Crippen LogP contribution in [0.1, 0.15) is 25.3 Å². The number of nitrogens with two attached hydrogens (primary N) is 1. The largest absolute Gasteiger partial charge is 0.384 e. The molecule has 0 saturated carbocycles. The minimum atomic E-state index is 0.487. The third-order valence-corrected chi connectivity index (χ3v) is 3.22. The van der Waals surface area contributed by atoms with Crippen molar-refractivity contribution in [3.8, 4) is 11.4 Å². The first-order valence-electron chi connectivity index (χ1n) is 6.36. The van der Waals surface area contributed by atoms with E-state index in [9.17, 15) is 0 Å². The summed E-state index contributed by atoms with van der Waals surface area (Å²) < 4.78 is 0. The van der Waals surface area contributed by atoms with E-state index in [0.717, 1.165) is 16.9 Å². The number of pyridine rings is 1. The first-order chi connectivity index (χ1) is 9.13. The molecule has 19 heavy (non-hydrogen) atoms. The van der Waals surface area contributed by atoms with Crippen molar-refractivity contribution in [3.05, 3.63) is 42.0 Å². The lowest BCUT2D eigenvalue weighted by atomic mass is 10.0. The zero-order valence-corrected chi connectivity index (χ0v) is 11.0. The Morgan fingerprint density at radius 2 is 1.74 bits per heavy atom. The lowest BCUT2D eigenvalue weighted by Gasteiger charge is -2.05. The summed E-state index contributed by atoms with van der Waals surface area (Å²) in [6.07, 6.45) is 0. The molecule has 4 heteroatoms. The molecule has 3 aromatic rings. The molecule has 2 aromatic heterocycles. The molecule has 0 bridgehead atoms. The van der Waals surface area contributed by atoms with Crippen molar-refractivity contribution >= 4 is 17.0 Å². The van der Waals surface area contributed by atoms with E-state index in [1.165, 1.54) is 5.56 Å². The smallest absolute Gasteiger partial charge is 0.180 e. The maximum absolute atomic E-state index is 5.66. The number of aromatic nitrogens is 3. The van der Waals surface area contributed by atoms with Crippen molar-refractivity contribution in [2.75, 3.05) is 5.73 Å². The molecular weight excluding hydrogens is 236 g/mol. The summed E-state index contributed by atoms with van der Waals surface area (Å²) in [5.74, 6) is 1.84. The Morgan fingerprint density at radius 1 is 1.00 bits per heavy atom. The van der Waals surface area contributed by atoms with E-state index in [1.807, 2.05) is 6.07 Å². The van der Waals surface area contributed by atoms with Gasteiger partial charge in [0, 0.05) is 5.56 Å². The van der Waals surface area contributed by atoms with E-state index in [-0.39, 0.29) is 0 Å². The maximum Gasteiger partial charge on any atom is 0.180 e. The van der Waals surface area contributed by atoms with Gasteiger partial charge < -0.3 is 10.7 Å². The van der Waals surface area contributed by atoms with Gasteiger partial charge in [-0.3, -0.25) is 0 Å². The van der Waals surface area contributed by atoms with E-state index < -0.39 is 0 Å². The number of hydrogen-bond donors (Lipinski definition) is 2. The Hall–Kier alpha value is -2.36. The number of hydrogen-bond acceptors (Lipinski definition) is 3. The van der Waals surface area contributed by atoms with Crippen molar-refractivity contribution < 1.29 is 0 Å². The summed E-state index contributed by atoms with van der Waals surface area (Å²) >= 11 is 0. The van der Waals surface area contributed by atoms with Crippen LogP contribution in [-0.4, -0.2) is 15.0 Å². The number of benzene rings is 1. The normalized spacial score (nSPS) is 11.3. The lowest BCUT2D eigenvalue weighted by Crippen LogP contribution is -1.88. The second-order valence-electron chi connectivity index (χ2n) is 4.97. The quantitative estimate of drug-likeness (QED) is 0.735. The Kier molecular flexibility index (Phi) is 2.71. The number of nitrogens with one attached hydrogen (secondary N) is 1. The van der Waals surface area contributed by atoms with Gasteiger partial charge in [0.15, 0.2) is 5.65 Å². The molecule has 0 aliphatic rings. The standard InChI is InChI=1S/C15H16N4/c1-9(2)10-3-5-11(6-4-10)14-17-12-7-8-13(16)18-15(12)19-14/h3-9H,1-2H3,(H3,16,17,18,19). The van der Waals surface area contributed by atoms with Crippen LogP contribution >= 0.6 is 0 Å². The van der Waals surface area contributed by atoms with Crippen LogP contribution in [0.2, 0.25) is 0 Å². The average Bonchev–Trinajstić information content (AvgIpc) is 2.81. The Bertz CT molecular complexity index is 711. The minimum absolute atomic E-state index is 0.487. The Balaban J connectivity index is 2.03. The number of fused-ring (bicyclic) bond motifs is 1. The topological polar surface area (TPSA) is 67.6 Å². The molecule has 4 nitrogen and oxygen atoms in total.